The fourth-order valence-electron chi connectivity index (χ4n) is 2.88. The maximum Gasteiger partial charge on any atom is 0.231 e. The Morgan fingerprint density at radius 2 is 2.05 bits per heavy atom. The molecule has 0 atom stereocenters. The van der Waals surface area contributed by atoms with Crippen molar-refractivity contribution in [3.05, 3.63) is 39.8 Å². The topological polar surface area (TPSA) is 54.6 Å². The zero-order valence-corrected chi connectivity index (χ0v) is 12.8. The van der Waals surface area contributed by atoms with E-state index in [0.29, 0.717) is 0 Å². The second kappa shape index (κ2) is 5.47. The molecule has 1 aliphatic heterocycles. The lowest BCUT2D eigenvalue weighted by atomic mass is 9.96. The Labute approximate surface area is 132 Å². The number of aryl methyl sites for hydroxylation is 1. The van der Waals surface area contributed by atoms with Gasteiger partial charge in [0.25, 0.3) is 0 Å². The van der Waals surface area contributed by atoms with E-state index in [0.717, 1.165) is 40.5 Å². The van der Waals surface area contributed by atoms with Crippen molar-refractivity contribution in [1.82, 2.24) is 0 Å². The summed E-state index contributed by atoms with van der Waals surface area (Å²) in [5.41, 5.74) is 2.92. The van der Waals surface area contributed by atoms with E-state index >= 15 is 0 Å². The van der Waals surface area contributed by atoms with Gasteiger partial charge in [0.1, 0.15) is 11.1 Å². The number of thiophene rings is 1. The molecule has 0 bridgehead atoms. The summed E-state index contributed by atoms with van der Waals surface area (Å²) in [5, 5.41) is 10.3. The van der Waals surface area contributed by atoms with Crippen LogP contribution in [0.1, 0.15) is 34.4 Å². The van der Waals surface area contributed by atoms with Crippen LogP contribution in [0.2, 0.25) is 0 Å². The van der Waals surface area contributed by atoms with Crippen LogP contribution in [0.5, 0.6) is 11.5 Å². The SMILES string of the molecule is N#Cc1c(/N=C/c2ccc3c(c2)OCO3)sc2c1CCCC2. The second-order valence-electron chi connectivity index (χ2n) is 5.37. The first-order chi connectivity index (χ1) is 10.8. The molecule has 1 aromatic carbocycles. The van der Waals surface area contributed by atoms with E-state index in [1.807, 2.05) is 18.2 Å². The third kappa shape index (κ3) is 2.26. The first kappa shape index (κ1) is 13.4. The molecule has 4 nitrogen and oxygen atoms in total. The van der Waals surface area contributed by atoms with Crippen molar-refractivity contribution in [3.63, 3.8) is 0 Å². The number of hydrogen-bond acceptors (Lipinski definition) is 5. The third-order valence-corrected chi connectivity index (χ3v) is 5.19. The Kier molecular flexibility index (Phi) is 3.32. The number of nitriles is 1. The standard InChI is InChI=1S/C17H14N2O2S/c18-8-13-12-3-1-2-4-16(12)22-17(13)19-9-11-5-6-14-15(7-11)21-10-20-14/h5-7,9H,1-4,10H2/b19-9+. The van der Waals surface area contributed by atoms with Crippen LogP contribution in [0, 0.1) is 11.3 Å². The number of ether oxygens (including phenoxy) is 2. The van der Waals surface area contributed by atoms with E-state index in [1.165, 1.54) is 23.3 Å². The fourth-order valence-corrected chi connectivity index (χ4v) is 4.07. The number of hydrogen-bond donors (Lipinski definition) is 0. The minimum Gasteiger partial charge on any atom is -0.454 e. The second-order valence-corrected chi connectivity index (χ2v) is 6.46. The highest BCUT2D eigenvalue weighted by molar-refractivity contribution is 7.16. The summed E-state index contributed by atoms with van der Waals surface area (Å²) < 4.78 is 10.7. The lowest BCUT2D eigenvalue weighted by molar-refractivity contribution is 0.174. The predicted octanol–water partition coefficient (Wildman–Crippen LogP) is 3.98. The van der Waals surface area contributed by atoms with E-state index in [9.17, 15) is 5.26 Å². The number of fused-ring (bicyclic) bond motifs is 2. The lowest BCUT2D eigenvalue weighted by Gasteiger charge is -2.09. The first-order valence-corrected chi connectivity index (χ1v) is 8.15. The van der Waals surface area contributed by atoms with Crippen LogP contribution >= 0.6 is 11.3 Å². The van der Waals surface area contributed by atoms with Gasteiger partial charge in [0.2, 0.25) is 6.79 Å². The molecule has 5 heteroatoms. The Morgan fingerprint density at radius 1 is 1.18 bits per heavy atom. The quantitative estimate of drug-likeness (QED) is 0.788. The summed E-state index contributed by atoms with van der Waals surface area (Å²) in [7, 11) is 0. The normalized spacial score (nSPS) is 15.8. The van der Waals surface area contributed by atoms with Gasteiger partial charge in [0.15, 0.2) is 11.5 Å². The highest BCUT2D eigenvalue weighted by Crippen LogP contribution is 2.39. The Balaban J connectivity index is 1.66. The molecule has 0 saturated heterocycles. The molecule has 110 valence electrons. The van der Waals surface area contributed by atoms with Gasteiger partial charge in [-0.3, -0.25) is 0 Å². The van der Waals surface area contributed by atoms with E-state index in [1.54, 1.807) is 17.6 Å². The van der Waals surface area contributed by atoms with Crippen molar-refractivity contribution in [3.8, 4) is 17.6 Å². The monoisotopic (exact) mass is 310 g/mol. The molecule has 2 aliphatic rings. The Bertz CT molecular complexity index is 802. The molecular formula is C17H14N2O2S. The lowest BCUT2D eigenvalue weighted by Crippen LogP contribution is -1.99. The zero-order chi connectivity index (χ0) is 14.9. The average molecular weight is 310 g/mol. The van der Waals surface area contributed by atoms with Crippen LogP contribution in [0.25, 0.3) is 0 Å². The van der Waals surface area contributed by atoms with Crippen LogP contribution in [0.3, 0.4) is 0 Å². The Hall–Kier alpha value is -2.32. The molecule has 0 spiro atoms. The minimum absolute atomic E-state index is 0.270. The van der Waals surface area contributed by atoms with Crippen LogP contribution in [-0.2, 0) is 12.8 Å². The predicted molar refractivity (Wildman–Crippen MR) is 85.5 cm³/mol. The minimum atomic E-state index is 0.270. The molecule has 0 unspecified atom stereocenters. The van der Waals surface area contributed by atoms with Gasteiger partial charge in [-0.05, 0) is 55.0 Å². The number of aliphatic imine (C=N–C) groups is 1. The highest BCUT2D eigenvalue weighted by atomic mass is 32.1. The van der Waals surface area contributed by atoms with E-state index in [-0.39, 0.29) is 6.79 Å². The zero-order valence-electron chi connectivity index (χ0n) is 12.0. The van der Waals surface area contributed by atoms with Gasteiger partial charge in [0.05, 0.1) is 5.56 Å². The largest absolute Gasteiger partial charge is 0.454 e. The molecule has 0 saturated carbocycles. The molecular weight excluding hydrogens is 296 g/mol. The van der Waals surface area contributed by atoms with Crippen LogP contribution in [-0.4, -0.2) is 13.0 Å². The maximum absolute atomic E-state index is 9.43. The number of nitrogens with zero attached hydrogens (tertiary/aromatic N) is 2. The molecule has 22 heavy (non-hydrogen) atoms. The summed E-state index contributed by atoms with van der Waals surface area (Å²) in [6.45, 7) is 0.270. The fraction of sp³-hybridized carbons (Fsp3) is 0.294. The van der Waals surface area contributed by atoms with Crippen molar-refractivity contribution >= 4 is 22.6 Å². The molecule has 4 rings (SSSR count). The van der Waals surface area contributed by atoms with Crippen molar-refractivity contribution in [2.24, 2.45) is 4.99 Å². The van der Waals surface area contributed by atoms with Gasteiger partial charge < -0.3 is 9.47 Å². The van der Waals surface area contributed by atoms with Crippen molar-refractivity contribution in [1.29, 1.82) is 5.26 Å². The molecule has 1 aliphatic carbocycles. The van der Waals surface area contributed by atoms with Crippen molar-refractivity contribution in [2.75, 3.05) is 6.79 Å². The van der Waals surface area contributed by atoms with Gasteiger partial charge >= 0.3 is 0 Å². The summed E-state index contributed by atoms with van der Waals surface area (Å²) in [6.07, 6.45) is 6.26. The summed E-state index contributed by atoms with van der Waals surface area (Å²) in [4.78, 5) is 5.89. The summed E-state index contributed by atoms with van der Waals surface area (Å²) >= 11 is 1.65. The molecule has 0 radical (unpaired) electrons. The van der Waals surface area contributed by atoms with Gasteiger partial charge in [-0.2, -0.15) is 5.26 Å². The van der Waals surface area contributed by atoms with E-state index < -0.39 is 0 Å². The molecule has 1 aromatic heterocycles. The van der Waals surface area contributed by atoms with E-state index in [2.05, 4.69) is 11.1 Å². The molecule has 0 amide bonds. The van der Waals surface area contributed by atoms with Crippen molar-refractivity contribution in [2.45, 2.75) is 25.7 Å². The average Bonchev–Trinajstić information content (AvgIpc) is 3.15. The van der Waals surface area contributed by atoms with Crippen LogP contribution in [0.15, 0.2) is 23.2 Å². The third-order valence-electron chi connectivity index (χ3n) is 3.99. The van der Waals surface area contributed by atoms with Crippen LogP contribution in [0.4, 0.5) is 5.00 Å². The van der Waals surface area contributed by atoms with Gasteiger partial charge in [-0.15, -0.1) is 11.3 Å². The van der Waals surface area contributed by atoms with Crippen molar-refractivity contribution < 1.29 is 9.47 Å². The molecule has 0 N–H and O–H groups in total. The number of benzene rings is 1. The van der Waals surface area contributed by atoms with Gasteiger partial charge in [0, 0.05) is 11.1 Å². The van der Waals surface area contributed by atoms with Gasteiger partial charge in [-0.1, -0.05) is 0 Å². The Morgan fingerprint density at radius 3 is 2.95 bits per heavy atom. The summed E-state index contributed by atoms with van der Waals surface area (Å²) in [6, 6.07) is 8.07. The van der Waals surface area contributed by atoms with E-state index in [4.69, 9.17) is 9.47 Å². The number of rotatable bonds is 2. The van der Waals surface area contributed by atoms with Crippen LogP contribution < -0.4 is 9.47 Å². The molecule has 2 aromatic rings. The molecule has 2 heterocycles. The molecule has 0 fully saturated rings. The summed E-state index contributed by atoms with van der Waals surface area (Å²) in [5.74, 6) is 1.51. The first-order valence-electron chi connectivity index (χ1n) is 7.33. The van der Waals surface area contributed by atoms with Gasteiger partial charge in [-0.25, -0.2) is 4.99 Å². The highest BCUT2D eigenvalue weighted by Gasteiger charge is 2.20. The maximum atomic E-state index is 9.43. The smallest absolute Gasteiger partial charge is 0.231 e.